The van der Waals surface area contributed by atoms with E-state index in [-0.39, 0.29) is 24.2 Å². The van der Waals surface area contributed by atoms with Crippen molar-refractivity contribution in [2.75, 3.05) is 18.1 Å². The van der Waals surface area contributed by atoms with Crippen molar-refractivity contribution >= 4 is 21.4 Å². The number of aliphatic hydroxyl groups excluding tert-OH is 1. The van der Waals surface area contributed by atoms with Gasteiger partial charge in [-0.2, -0.15) is 0 Å². The van der Waals surface area contributed by atoms with E-state index in [0.29, 0.717) is 17.2 Å². The van der Waals surface area contributed by atoms with Gasteiger partial charge in [0.2, 0.25) is 0 Å². The van der Waals surface area contributed by atoms with E-state index in [0.717, 1.165) is 12.0 Å². The van der Waals surface area contributed by atoms with Crippen molar-refractivity contribution < 1.29 is 18.3 Å². The Hall–Kier alpha value is -0.780. The maximum atomic E-state index is 11.0. The van der Waals surface area contributed by atoms with Gasteiger partial charge in [-0.05, 0) is 30.5 Å². The fraction of sp³-hybridized carbons (Fsp3) is 0.500. The van der Waals surface area contributed by atoms with Crippen molar-refractivity contribution in [1.29, 1.82) is 0 Å². The van der Waals surface area contributed by atoms with Crippen LogP contribution in [0.3, 0.4) is 0 Å². The number of hydrogen-bond donors (Lipinski definition) is 1. The van der Waals surface area contributed by atoms with Gasteiger partial charge in [-0.3, -0.25) is 0 Å². The minimum absolute atomic E-state index is 0.0651. The molecule has 1 N–H and O–H groups in total. The van der Waals surface area contributed by atoms with E-state index in [4.69, 9.17) is 21.4 Å². The Morgan fingerprint density at radius 2 is 2.11 bits per heavy atom. The first kappa shape index (κ1) is 13.6. The molecule has 1 fully saturated rings. The Balaban J connectivity index is 1.97. The van der Waals surface area contributed by atoms with Gasteiger partial charge in [0.1, 0.15) is 11.9 Å². The summed E-state index contributed by atoms with van der Waals surface area (Å²) in [6, 6.07) is 5.42. The first-order chi connectivity index (χ1) is 8.50. The molecule has 0 unspecified atom stereocenters. The molecule has 6 heteroatoms. The van der Waals surface area contributed by atoms with Crippen LogP contribution in [0.1, 0.15) is 12.0 Å². The fourth-order valence-corrected chi connectivity index (χ4v) is 3.26. The maximum Gasteiger partial charge on any atom is 0.157 e. The van der Waals surface area contributed by atoms with Gasteiger partial charge >= 0.3 is 0 Å². The molecule has 0 amide bonds. The van der Waals surface area contributed by atoms with Crippen LogP contribution in [0.15, 0.2) is 18.2 Å². The molecule has 1 aromatic rings. The second kappa shape index (κ2) is 5.47. The lowest BCUT2D eigenvalue weighted by Crippen LogP contribution is -2.45. The standard InChI is InChI=1S/C12H15ClO4S/c13-11-6-9(2-1-5-14)3-4-12(11)17-10-7-18(15,16)8-10/h3-4,6,10,14H,1-2,5,7-8H2. The molecule has 1 aliphatic rings. The van der Waals surface area contributed by atoms with Gasteiger partial charge < -0.3 is 9.84 Å². The number of aliphatic hydroxyl groups is 1. The van der Waals surface area contributed by atoms with Crippen LogP contribution in [0.5, 0.6) is 5.75 Å². The van der Waals surface area contributed by atoms with Gasteiger partial charge in [-0.25, -0.2) is 8.42 Å². The summed E-state index contributed by atoms with van der Waals surface area (Å²) in [6.07, 6.45) is 1.17. The lowest BCUT2D eigenvalue weighted by Gasteiger charge is -2.27. The van der Waals surface area contributed by atoms with Crippen LogP contribution in [-0.4, -0.2) is 37.7 Å². The third kappa shape index (κ3) is 3.37. The molecule has 1 heterocycles. The number of ether oxygens (including phenoxy) is 1. The molecule has 0 saturated carbocycles. The molecule has 4 nitrogen and oxygen atoms in total. The highest BCUT2D eigenvalue weighted by molar-refractivity contribution is 7.92. The molecule has 0 aliphatic carbocycles. The molecule has 1 aliphatic heterocycles. The molecular weight excluding hydrogens is 276 g/mol. The largest absolute Gasteiger partial charge is 0.487 e. The zero-order valence-electron chi connectivity index (χ0n) is 9.80. The van der Waals surface area contributed by atoms with Crippen molar-refractivity contribution in [3.05, 3.63) is 28.8 Å². The smallest absolute Gasteiger partial charge is 0.157 e. The van der Waals surface area contributed by atoms with E-state index < -0.39 is 9.84 Å². The topological polar surface area (TPSA) is 63.6 Å². The predicted octanol–water partition coefficient (Wildman–Crippen LogP) is 1.44. The number of rotatable bonds is 5. The first-order valence-corrected chi connectivity index (χ1v) is 7.96. The lowest BCUT2D eigenvalue weighted by molar-refractivity contribution is 0.230. The van der Waals surface area contributed by atoms with Crippen LogP contribution < -0.4 is 4.74 Å². The summed E-state index contributed by atoms with van der Waals surface area (Å²) >= 11 is 6.07. The van der Waals surface area contributed by atoms with Gasteiger partial charge in [0.15, 0.2) is 9.84 Å². The summed E-state index contributed by atoms with van der Waals surface area (Å²) in [6.45, 7) is 0.149. The van der Waals surface area contributed by atoms with E-state index in [1.54, 1.807) is 12.1 Å². The van der Waals surface area contributed by atoms with E-state index in [2.05, 4.69) is 0 Å². The summed E-state index contributed by atoms with van der Waals surface area (Å²) < 4.78 is 27.5. The zero-order chi connectivity index (χ0) is 13.2. The molecule has 2 rings (SSSR count). The molecule has 0 aromatic heterocycles. The molecular formula is C12H15ClO4S. The molecule has 18 heavy (non-hydrogen) atoms. The monoisotopic (exact) mass is 290 g/mol. The Morgan fingerprint density at radius 3 is 2.67 bits per heavy atom. The predicted molar refractivity (Wildman–Crippen MR) is 69.9 cm³/mol. The van der Waals surface area contributed by atoms with Crippen molar-refractivity contribution in [3.8, 4) is 5.75 Å². The maximum absolute atomic E-state index is 11.0. The summed E-state index contributed by atoms with van der Waals surface area (Å²) in [5.41, 5.74) is 1.03. The van der Waals surface area contributed by atoms with Crippen molar-refractivity contribution in [3.63, 3.8) is 0 Å². The zero-order valence-corrected chi connectivity index (χ0v) is 11.4. The van der Waals surface area contributed by atoms with Crippen LogP contribution in [-0.2, 0) is 16.3 Å². The second-order valence-electron chi connectivity index (χ2n) is 4.41. The number of hydrogen-bond acceptors (Lipinski definition) is 4. The van der Waals surface area contributed by atoms with Crippen molar-refractivity contribution in [1.82, 2.24) is 0 Å². The number of aryl methyl sites for hydroxylation is 1. The summed E-state index contributed by atoms with van der Waals surface area (Å²) in [5, 5.41) is 9.23. The Bertz CT molecular complexity index is 515. The fourth-order valence-electron chi connectivity index (χ4n) is 1.84. The van der Waals surface area contributed by atoms with Gasteiger partial charge in [0.05, 0.1) is 16.5 Å². The third-order valence-electron chi connectivity index (χ3n) is 2.79. The highest BCUT2D eigenvalue weighted by Crippen LogP contribution is 2.29. The van der Waals surface area contributed by atoms with Crippen LogP contribution in [0.25, 0.3) is 0 Å². The normalized spacial score (nSPS) is 18.3. The summed E-state index contributed by atoms with van der Waals surface area (Å²) in [5.74, 6) is 0.648. The van der Waals surface area contributed by atoms with E-state index >= 15 is 0 Å². The minimum Gasteiger partial charge on any atom is -0.487 e. The van der Waals surface area contributed by atoms with Crippen molar-refractivity contribution in [2.24, 2.45) is 0 Å². The summed E-state index contributed by atoms with van der Waals surface area (Å²) in [4.78, 5) is 0. The Labute approximate surface area is 111 Å². The van der Waals surface area contributed by atoms with E-state index in [1.165, 1.54) is 0 Å². The second-order valence-corrected chi connectivity index (χ2v) is 6.97. The minimum atomic E-state index is -2.88. The lowest BCUT2D eigenvalue weighted by atomic mass is 10.1. The van der Waals surface area contributed by atoms with Crippen LogP contribution in [0.4, 0.5) is 0 Å². The van der Waals surface area contributed by atoms with Gasteiger partial charge in [0.25, 0.3) is 0 Å². The molecule has 0 radical (unpaired) electrons. The van der Waals surface area contributed by atoms with E-state index in [9.17, 15) is 8.42 Å². The van der Waals surface area contributed by atoms with Crippen molar-refractivity contribution in [2.45, 2.75) is 18.9 Å². The molecule has 1 aromatic carbocycles. The highest BCUT2D eigenvalue weighted by atomic mass is 35.5. The van der Waals surface area contributed by atoms with Crippen LogP contribution in [0, 0.1) is 0 Å². The van der Waals surface area contributed by atoms with Gasteiger partial charge in [0, 0.05) is 6.61 Å². The number of halogens is 1. The Morgan fingerprint density at radius 1 is 1.39 bits per heavy atom. The molecule has 0 bridgehead atoms. The first-order valence-electron chi connectivity index (χ1n) is 5.76. The van der Waals surface area contributed by atoms with Gasteiger partial charge in [-0.1, -0.05) is 17.7 Å². The highest BCUT2D eigenvalue weighted by Gasteiger charge is 2.35. The average Bonchev–Trinajstić information content (AvgIpc) is 2.27. The number of sulfone groups is 1. The summed E-state index contributed by atoms with van der Waals surface area (Å²) in [7, 11) is -2.88. The third-order valence-corrected chi connectivity index (χ3v) is 4.85. The molecule has 1 saturated heterocycles. The molecule has 0 spiro atoms. The molecule has 100 valence electrons. The van der Waals surface area contributed by atoms with Crippen LogP contribution >= 0.6 is 11.6 Å². The SMILES string of the molecule is O=S1(=O)CC(Oc2ccc(CCCO)cc2Cl)C1. The van der Waals surface area contributed by atoms with E-state index in [1.807, 2.05) is 6.07 Å². The van der Waals surface area contributed by atoms with Crippen LogP contribution in [0.2, 0.25) is 5.02 Å². The quantitative estimate of drug-likeness (QED) is 0.891. The number of benzene rings is 1. The Kier molecular flexibility index (Phi) is 4.14. The molecule has 0 atom stereocenters. The van der Waals surface area contributed by atoms with Gasteiger partial charge in [-0.15, -0.1) is 0 Å². The average molecular weight is 291 g/mol.